The summed E-state index contributed by atoms with van der Waals surface area (Å²) in [5.41, 5.74) is 1.31. The van der Waals surface area contributed by atoms with Gasteiger partial charge in [-0.05, 0) is 43.0 Å². The molecule has 0 aromatic heterocycles. The Bertz CT molecular complexity index is 1420. The number of methoxy groups -OCH3 is 1. The molecule has 3 aliphatic rings. The van der Waals surface area contributed by atoms with Crippen LogP contribution in [0.15, 0.2) is 77.7 Å². The van der Waals surface area contributed by atoms with E-state index < -0.39 is 34.4 Å². The minimum Gasteiger partial charge on any atom is -0.497 e. The average molecular weight is 629 g/mol. The Morgan fingerprint density at radius 3 is 2.77 bits per heavy atom. The summed E-state index contributed by atoms with van der Waals surface area (Å²) >= 11 is 0. The van der Waals surface area contributed by atoms with Gasteiger partial charge in [-0.3, -0.25) is 0 Å². The van der Waals surface area contributed by atoms with E-state index in [1.807, 2.05) is 54.6 Å². The number of alkyl carbamates (subject to hydrolysis) is 1. The zero-order chi connectivity index (χ0) is 30.9. The first-order valence-corrected chi connectivity index (χ1v) is 16.3. The van der Waals surface area contributed by atoms with E-state index in [-0.39, 0.29) is 49.8 Å². The maximum absolute atomic E-state index is 14.1. The minimum absolute atomic E-state index is 0.0412. The van der Waals surface area contributed by atoms with E-state index in [0.717, 1.165) is 12.0 Å². The zero-order valence-electron chi connectivity index (χ0n) is 24.7. The van der Waals surface area contributed by atoms with E-state index in [1.54, 1.807) is 12.1 Å². The monoisotopic (exact) mass is 628 g/mol. The van der Waals surface area contributed by atoms with Crippen molar-refractivity contribution in [1.29, 1.82) is 0 Å². The number of amides is 1. The van der Waals surface area contributed by atoms with Crippen molar-refractivity contribution in [2.24, 2.45) is 5.92 Å². The van der Waals surface area contributed by atoms with E-state index in [1.165, 1.54) is 17.5 Å². The Morgan fingerprint density at radius 1 is 1.14 bits per heavy atom. The van der Waals surface area contributed by atoms with Gasteiger partial charge in [0, 0.05) is 18.7 Å². The van der Waals surface area contributed by atoms with Gasteiger partial charge in [0.2, 0.25) is 10.0 Å². The highest BCUT2D eigenvalue weighted by Crippen LogP contribution is 2.33. The van der Waals surface area contributed by atoms with Crippen molar-refractivity contribution in [3.63, 3.8) is 0 Å². The van der Waals surface area contributed by atoms with Gasteiger partial charge in [0.1, 0.15) is 11.9 Å². The molecule has 238 valence electrons. The molecule has 1 amide bonds. The van der Waals surface area contributed by atoms with Gasteiger partial charge in [0.25, 0.3) is 0 Å². The molecule has 0 bridgehead atoms. The van der Waals surface area contributed by atoms with E-state index in [9.17, 15) is 18.3 Å². The second-order valence-electron chi connectivity index (χ2n) is 11.0. The first-order chi connectivity index (χ1) is 21.3. The van der Waals surface area contributed by atoms with Crippen LogP contribution in [0, 0.1) is 5.92 Å². The average Bonchev–Trinajstić information content (AvgIpc) is 3.64. The minimum atomic E-state index is -4.10. The Morgan fingerprint density at radius 2 is 1.95 bits per heavy atom. The van der Waals surface area contributed by atoms with Gasteiger partial charge in [-0.1, -0.05) is 54.6 Å². The number of aliphatic hydroxyl groups is 1. The van der Waals surface area contributed by atoms with Crippen LogP contribution in [0.2, 0.25) is 0 Å². The molecule has 3 heterocycles. The van der Waals surface area contributed by atoms with Crippen LogP contribution in [0.1, 0.15) is 24.0 Å². The predicted molar refractivity (Wildman–Crippen MR) is 161 cm³/mol. The van der Waals surface area contributed by atoms with Gasteiger partial charge in [0.05, 0.1) is 56.5 Å². The summed E-state index contributed by atoms with van der Waals surface area (Å²) in [6.45, 7) is 0.995. The lowest BCUT2D eigenvalue weighted by molar-refractivity contribution is -0.0907. The van der Waals surface area contributed by atoms with Gasteiger partial charge >= 0.3 is 6.09 Å². The predicted octanol–water partition coefficient (Wildman–Crippen LogP) is 3.18. The van der Waals surface area contributed by atoms with Crippen molar-refractivity contribution in [3.05, 3.63) is 84.0 Å². The molecule has 11 nitrogen and oxygen atoms in total. The molecule has 2 saturated heterocycles. The molecule has 0 saturated carbocycles. The number of fused-ring (bicyclic) bond motifs is 2. The van der Waals surface area contributed by atoms with Crippen LogP contribution in [0.3, 0.4) is 0 Å². The molecular formula is C32H40N2O9S. The molecule has 44 heavy (non-hydrogen) atoms. The van der Waals surface area contributed by atoms with Crippen molar-refractivity contribution in [3.8, 4) is 5.75 Å². The molecule has 0 aliphatic carbocycles. The number of β-amino-alcohol motifs (C(OH)–C–C–N with tert-alkyl or cyclic N) is 1. The van der Waals surface area contributed by atoms with E-state index in [2.05, 4.69) is 5.32 Å². The summed E-state index contributed by atoms with van der Waals surface area (Å²) in [6, 6.07) is 13.3. The van der Waals surface area contributed by atoms with Gasteiger partial charge in [-0.2, -0.15) is 4.31 Å². The number of benzene rings is 2. The molecule has 2 aromatic rings. The number of aliphatic hydroxyl groups excluding tert-OH is 1. The van der Waals surface area contributed by atoms with Crippen LogP contribution in [-0.2, 0) is 42.0 Å². The van der Waals surface area contributed by atoms with Gasteiger partial charge in [-0.25, -0.2) is 13.2 Å². The summed E-state index contributed by atoms with van der Waals surface area (Å²) in [4.78, 5) is 13.2. The summed E-state index contributed by atoms with van der Waals surface area (Å²) in [5, 5.41) is 14.4. The number of ether oxygens (including phenoxy) is 5. The smallest absolute Gasteiger partial charge is 0.407 e. The molecule has 2 N–H and O–H groups in total. The quantitative estimate of drug-likeness (QED) is 0.452. The Labute approximate surface area is 258 Å². The van der Waals surface area contributed by atoms with E-state index in [0.29, 0.717) is 30.9 Å². The molecule has 3 aliphatic heterocycles. The normalized spacial score (nSPS) is 26.5. The number of carbonyl (C=O) groups excluding carboxylic acids is 1. The molecular weight excluding hydrogens is 588 g/mol. The third kappa shape index (κ3) is 8.06. The molecule has 0 spiro atoms. The number of nitrogens with zero attached hydrogens (tertiary/aromatic N) is 1. The van der Waals surface area contributed by atoms with Crippen molar-refractivity contribution in [2.75, 3.05) is 40.0 Å². The zero-order valence-corrected chi connectivity index (χ0v) is 25.6. The lowest BCUT2D eigenvalue weighted by Crippen LogP contribution is -2.51. The fourth-order valence-corrected chi connectivity index (χ4v) is 7.28. The molecule has 5 rings (SSSR count). The molecule has 0 unspecified atom stereocenters. The first-order valence-electron chi connectivity index (χ1n) is 14.8. The third-order valence-electron chi connectivity index (χ3n) is 7.99. The first kappa shape index (κ1) is 32.1. The number of allylic oxidation sites excluding steroid dienone is 2. The molecule has 0 radical (unpaired) electrons. The third-order valence-corrected chi connectivity index (χ3v) is 9.95. The fourth-order valence-electron chi connectivity index (χ4n) is 5.62. The second-order valence-corrected chi connectivity index (χ2v) is 12.9. The topological polar surface area (TPSA) is 133 Å². The lowest BCUT2D eigenvalue weighted by atomic mass is 10.0. The largest absolute Gasteiger partial charge is 0.497 e. The highest BCUT2D eigenvalue weighted by atomic mass is 32.2. The van der Waals surface area contributed by atoms with Crippen LogP contribution >= 0.6 is 0 Å². The number of sulfonamides is 1. The summed E-state index contributed by atoms with van der Waals surface area (Å²) < 4.78 is 57.4. The van der Waals surface area contributed by atoms with Gasteiger partial charge < -0.3 is 34.1 Å². The van der Waals surface area contributed by atoms with Crippen LogP contribution in [-0.4, -0.2) is 88.5 Å². The summed E-state index contributed by atoms with van der Waals surface area (Å²) in [6.07, 6.45) is 5.98. The standard InChI is InChI=1S/C32H40N2O9S/c1-39-25-12-13-30-24(19-25)21-40-16-9-4-2-3-8-15-34(44(30,37)38)20-28(35)27(18-23-10-6-5-7-11-23)33-32(36)43-29-22-42-31-26(29)14-17-41-31/h2-7,9-13,19,26-29,31,35H,8,14-18,20-22H2,1H3,(H,33,36)/b3-2-,9-4+/t26-,27-,28+,29-,31+/m0/s1. The summed E-state index contributed by atoms with van der Waals surface area (Å²) in [7, 11) is -2.58. The van der Waals surface area contributed by atoms with Crippen LogP contribution in [0.4, 0.5) is 4.79 Å². The number of nitrogens with one attached hydrogen (secondary N) is 1. The number of rotatable bonds is 8. The highest BCUT2D eigenvalue weighted by molar-refractivity contribution is 7.89. The number of hydrogen-bond donors (Lipinski definition) is 2. The molecule has 5 atom stereocenters. The summed E-state index contributed by atoms with van der Waals surface area (Å²) in [5.74, 6) is 0.463. The lowest BCUT2D eigenvalue weighted by Gasteiger charge is -2.30. The molecule has 12 heteroatoms. The number of hydrogen-bond acceptors (Lipinski definition) is 9. The highest BCUT2D eigenvalue weighted by Gasteiger charge is 2.44. The van der Waals surface area contributed by atoms with E-state index in [4.69, 9.17) is 23.7 Å². The second kappa shape index (κ2) is 15.2. The Balaban J connectivity index is 1.38. The van der Waals surface area contributed by atoms with Gasteiger partial charge in [0.15, 0.2) is 6.29 Å². The molecule has 2 aromatic carbocycles. The van der Waals surface area contributed by atoms with E-state index >= 15 is 0 Å². The van der Waals surface area contributed by atoms with Crippen molar-refractivity contribution in [1.82, 2.24) is 9.62 Å². The fraction of sp³-hybridized carbons (Fsp3) is 0.469. The van der Waals surface area contributed by atoms with Crippen LogP contribution in [0.25, 0.3) is 0 Å². The Kier molecular flexibility index (Phi) is 11.1. The number of carbonyl (C=O) groups is 1. The van der Waals surface area contributed by atoms with Gasteiger partial charge in [-0.15, -0.1) is 0 Å². The SMILES string of the molecule is COc1ccc2c(c1)COC/C=C/C=C\CCN(C[C@@H](O)[C@H](Cc1ccccc1)NC(=O)O[C@H]1CO[C@H]3OCC[C@H]31)S2(=O)=O. The van der Waals surface area contributed by atoms with Crippen LogP contribution in [0.5, 0.6) is 5.75 Å². The van der Waals surface area contributed by atoms with Crippen molar-refractivity contribution >= 4 is 16.1 Å². The Hall–Kier alpha value is -3.26. The maximum Gasteiger partial charge on any atom is 0.407 e. The maximum atomic E-state index is 14.1. The van der Waals surface area contributed by atoms with Crippen LogP contribution < -0.4 is 10.1 Å². The van der Waals surface area contributed by atoms with Crippen molar-refractivity contribution < 1.29 is 42.0 Å². The molecule has 2 fully saturated rings. The van der Waals surface area contributed by atoms with Crippen molar-refractivity contribution in [2.45, 2.75) is 55.3 Å².